The number of amides is 3. The zero-order valence-corrected chi connectivity index (χ0v) is 18.0. The van der Waals surface area contributed by atoms with Crippen molar-refractivity contribution >= 4 is 36.3 Å². The van der Waals surface area contributed by atoms with Crippen LogP contribution in [0.15, 0.2) is 30.3 Å². The first-order valence-electron chi connectivity index (χ1n) is 9.65. The van der Waals surface area contributed by atoms with Gasteiger partial charge in [0.05, 0.1) is 6.54 Å². The van der Waals surface area contributed by atoms with Gasteiger partial charge in [0.25, 0.3) is 0 Å². The van der Waals surface area contributed by atoms with Crippen LogP contribution in [0.3, 0.4) is 0 Å². The van der Waals surface area contributed by atoms with E-state index in [2.05, 4.69) is 28.6 Å². The fraction of sp³-hybridized carbons (Fsp3) is 0.500. The third-order valence-electron chi connectivity index (χ3n) is 4.26. The molecule has 0 radical (unpaired) electrons. The van der Waals surface area contributed by atoms with E-state index < -0.39 is 41.8 Å². The van der Waals surface area contributed by atoms with Crippen LogP contribution in [0.5, 0.6) is 0 Å². The lowest BCUT2D eigenvalue weighted by atomic mass is 10.0. The van der Waals surface area contributed by atoms with Crippen LogP contribution in [0.25, 0.3) is 0 Å². The van der Waals surface area contributed by atoms with Crippen molar-refractivity contribution < 1.29 is 24.3 Å². The van der Waals surface area contributed by atoms with E-state index in [1.54, 1.807) is 30.3 Å². The summed E-state index contributed by atoms with van der Waals surface area (Å²) < 4.78 is 0. The summed E-state index contributed by atoms with van der Waals surface area (Å²) in [5, 5.41) is 17.0. The maximum atomic E-state index is 12.6. The van der Waals surface area contributed by atoms with Crippen LogP contribution in [-0.4, -0.2) is 59.2 Å². The molecule has 166 valence electrons. The summed E-state index contributed by atoms with van der Waals surface area (Å²) in [5.41, 5.74) is 6.05. The van der Waals surface area contributed by atoms with Gasteiger partial charge in [0.2, 0.25) is 17.7 Å². The lowest BCUT2D eigenvalue weighted by Crippen LogP contribution is -2.57. The van der Waals surface area contributed by atoms with Crippen molar-refractivity contribution in [2.45, 2.75) is 44.8 Å². The van der Waals surface area contributed by atoms with E-state index in [1.807, 2.05) is 13.8 Å². The van der Waals surface area contributed by atoms with E-state index in [9.17, 15) is 24.3 Å². The zero-order chi connectivity index (χ0) is 22.7. The fourth-order valence-corrected chi connectivity index (χ4v) is 3.00. The molecule has 0 heterocycles. The van der Waals surface area contributed by atoms with Crippen LogP contribution in [0, 0.1) is 5.92 Å². The highest BCUT2D eigenvalue weighted by Gasteiger charge is 2.29. The number of carbonyl (C=O) groups excluding carboxylic acids is 3. The molecule has 30 heavy (non-hydrogen) atoms. The summed E-state index contributed by atoms with van der Waals surface area (Å²) in [5.74, 6) is -2.86. The molecule has 3 atom stereocenters. The SMILES string of the molecule is CC(C)CC(NC(=O)CN)C(=O)NC(CS)C(=O)NC(Cc1ccccc1)C(=O)O. The van der Waals surface area contributed by atoms with E-state index in [-0.39, 0.29) is 24.6 Å². The molecule has 0 spiro atoms. The van der Waals surface area contributed by atoms with Crippen molar-refractivity contribution in [2.75, 3.05) is 12.3 Å². The Morgan fingerprint density at radius 2 is 1.53 bits per heavy atom. The molecule has 0 aliphatic carbocycles. The Bertz CT molecular complexity index is 729. The summed E-state index contributed by atoms with van der Waals surface area (Å²) in [6.07, 6.45) is 0.446. The molecule has 3 unspecified atom stereocenters. The van der Waals surface area contributed by atoms with Gasteiger partial charge in [-0.2, -0.15) is 12.6 Å². The number of carboxylic acid groups (broad SMARTS) is 1. The molecule has 0 saturated heterocycles. The number of carbonyl (C=O) groups is 4. The highest BCUT2D eigenvalue weighted by molar-refractivity contribution is 7.80. The number of rotatable bonds is 12. The standard InChI is InChI=1S/C20H30N4O5S/c1-12(2)8-14(22-17(25)10-21)18(26)24-16(11-30)19(27)23-15(20(28)29)9-13-6-4-3-5-7-13/h3-7,12,14-16,30H,8-11,21H2,1-2H3,(H,22,25)(H,23,27)(H,24,26)(H,28,29). The van der Waals surface area contributed by atoms with E-state index in [0.717, 1.165) is 5.56 Å². The van der Waals surface area contributed by atoms with Crippen molar-refractivity contribution in [3.8, 4) is 0 Å². The minimum absolute atomic E-state index is 0.0471. The fourth-order valence-electron chi connectivity index (χ4n) is 2.74. The van der Waals surface area contributed by atoms with Crippen LogP contribution in [0.4, 0.5) is 0 Å². The largest absolute Gasteiger partial charge is 0.480 e. The average Bonchev–Trinajstić information content (AvgIpc) is 2.70. The van der Waals surface area contributed by atoms with Crippen molar-refractivity contribution in [3.63, 3.8) is 0 Å². The molecule has 1 aromatic carbocycles. The number of hydrogen-bond donors (Lipinski definition) is 6. The molecule has 0 aliphatic rings. The lowest BCUT2D eigenvalue weighted by Gasteiger charge is -2.24. The number of nitrogens with one attached hydrogen (secondary N) is 3. The van der Waals surface area contributed by atoms with Crippen LogP contribution in [0.2, 0.25) is 0 Å². The van der Waals surface area contributed by atoms with Crippen LogP contribution in [0.1, 0.15) is 25.8 Å². The van der Waals surface area contributed by atoms with Gasteiger partial charge in [-0.25, -0.2) is 4.79 Å². The minimum Gasteiger partial charge on any atom is -0.480 e. The van der Waals surface area contributed by atoms with Crippen molar-refractivity contribution in [3.05, 3.63) is 35.9 Å². The molecule has 0 aliphatic heterocycles. The van der Waals surface area contributed by atoms with Gasteiger partial charge in [0.15, 0.2) is 0 Å². The third-order valence-corrected chi connectivity index (χ3v) is 4.62. The summed E-state index contributed by atoms with van der Waals surface area (Å²) in [6, 6.07) is 5.78. The topological polar surface area (TPSA) is 151 Å². The Morgan fingerprint density at radius 1 is 0.967 bits per heavy atom. The van der Waals surface area contributed by atoms with E-state index >= 15 is 0 Å². The van der Waals surface area contributed by atoms with Gasteiger partial charge in [-0.05, 0) is 17.9 Å². The monoisotopic (exact) mass is 438 g/mol. The molecular formula is C20H30N4O5S. The summed E-state index contributed by atoms with van der Waals surface area (Å²) in [7, 11) is 0. The summed E-state index contributed by atoms with van der Waals surface area (Å²) >= 11 is 4.10. The zero-order valence-electron chi connectivity index (χ0n) is 17.1. The van der Waals surface area contributed by atoms with Gasteiger partial charge in [0, 0.05) is 12.2 Å². The van der Waals surface area contributed by atoms with Crippen molar-refractivity contribution in [2.24, 2.45) is 11.7 Å². The van der Waals surface area contributed by atoms with Gasteiger partial charge < -0.3 is 26.8 Å². The molecule has 0 aromatic heterocycles. The predicted octanol–water partition coefficient (Wildman–Crippen LogP) is -0.297. The maximum Gasteiger partial charge on any atom is 0.326 e. The predicted molar refractivity (Wildman–Crippen MR) is 116 cm³/mol. The molecular weight excluding hydrogens is 408 g/mol. The molecule has 0 fully saturated rings. The second-order valence-electron chi connectivity index (χ2n) is 7.29. The number of hydrogen-bond acceptors (Lipinski definition) is 6. The molecule has 9 nitrogen and oxygen atoms in total. The van der Waals surface area contributed by atoms with Crippen molar-refractivity contribution in [1.82, 2.24) is 16.0 Å². The van der Waals surface area contributed by atoms with Gasteiger partial charge in [-0.1, -0.05) is 44.2 Å². The lowest BCUT2D eigenvalue weighted by molar-refractivity contribution is -0.142. The van der Waals surface area contributed by atoms with Gasteiger partial charge >= 0.3 is 5.97 Å². The molecule has 0 bridgehead atoms. The van der Waals surface area contributed by atoms with Crippen LogP contribution in [-0.2, 0) is 25.6 Å². The highest BCUT2D eigenvalue weighted by atomic mass is 32.1. The van der Waals surface area contributed by atoms with E-state index in [4.69, 9.17) is 5.73 Å². The third kappa shape index (κ3) is 8.83. The van der Waals surface area contributed by atoms with Crippen LogP contribution < -0.4 is 21.7 Å². The Kier molecular flexibility index (Phi) is 10.9. The molecule has 10 heteroatoms. The van der Waals surface area contributed by atoms with Crippen LogP contribution >= 0.6 is 12.6 Å². The Morgan fingerprint density at radius 3 is 2.03 bits per heavy atom. The summed E-state index contributed by atoms with van der Waals surface area (Å²) in [4.78, 5) is 48.4. The van der Waals surface area contributed by atoms with Gasteiger partial charge in [-0.15, -0.1) is 0 Å². The second-order valence-corrected chi connectivity index (χ2v) is 7.65. The number of carboxylic acids is 1. The molecule has 1 rings (SSSR count). The Hall–Kier alpha value is -2.59. The molecule has 6 N–H and O–H groups in total. The first kappa shape index (κ1) is 25.4. The van der Waals surface area contributed by atoms with E-state index in [1.165, 1.54) is 0 Å². The number of nitrogens with two attached hydrogens (primary N) is 1. The Balaban J connectivity index is 2.82. The van der Waals surface area contributed by atoms with Gasteiger partial charge in [0.1, 0.15) is 18.1 Å². The minimum atomic E-state index is -1.19. The Labute approximate surface area is 181 Å². The number of benzene rings is 1. The van der Waals surface area contributed by atoms with Crippen molar-refractivity contribution in [1.29, 1.82) is 0 Å². The molecule has 1 aromatic rings. The molecule has 0 saturated carbocycles. The van der Waals surface area contributed by atoms with E-state index in [0.29, 0.717) is 6.42 Å². The maximum absolute atomic E-state index is 12.6. The number of aliphatic carboxylic acids is 1. The second kappa shape index (κ2) is 12.9. The normalized spacial score (nSPS) is 13.8. The quantitative estimate of drug-likeness (QED) is 0.247. The first-order chi connectivity index (χ1) is 14.2. The first-order valence-corrected chi connectivity index (χ1v) is 10.3. The smallest absolute Gasteiger partial charge is 0.326 e. The molecule has 3 amide bonds. The van der Waals surface area contributed by atoms with Gasteiger partial charge in [-0.3, -0.25) is 14.4 Å². The number of thiol groups is 1. The highest BCUT2D eigenvalue weighted by Crippen LogP contribution is 2.07. The average molecular weight is 439 g/mol. The summed E-state index contributed by atoms with van der Waals surface area (Å²) in [6.45, 7) is 3.51.